The van der Waals surface area contributed by atoms with Crippen molar-refractivity contribution in [1.82, 2.24) is 15.5 Å². The number of guanidine groups is 1. The van der Waals surface area contributed by atoms with E-state index in [9.17, 15) is 8.78 Å². The predicted molar refractivity (Wildman–Crippen MR) is 104 cm³/mol. The predicted octanol–water partition coefficient (Wildman–Crippen LogP) is 2.94. The summed E-state index contributed by atoms with van der Waals surface area (Å²) >= 11 is 0. The normalized spacial score (nSPS) is 12.8. The van der Waals surface area contributed by atoms with Crippen LogP contribution in [0.3, 0.4) is 0 Å². The zero-order valence-electron chi connectivity index (χ0n) is 16.1. The summed E-state index contributed by atoms with van der Waals surface area (Å²) in [5.74, 6) is 0.200. The second-order valence-electron chi connectivity index (χ2n) is 6.27. The summed E-state index contributed by atoms with van der Waals surface area (Å²) in [5.41, 5.74) is 1.07. The van der Waals surface area contributed by atoms with Crippen molar-refractivity contribution < 1.29 is 13.5 Å². The Kier molecular flexibility index (Phi) is 7.55. The summed E-state index contributed by atoms with van der Waals surface area (Å²) in [6.45, 7) is 0.834. The Morgan fingerprint density at radius 2 is 1.78 bits per heavy atom. The van der Waals surface area contributed by atoms with Gasteiger partial charge in [-0.05, 0) is 43.9 Å². The number of nitrogens with zero attached hydrogens (tertiary/aromatic N) is 2. The molecule has 146 valence electrons. The molecule has 27 heavy (non-hydrogen) atoms. The molecule has 0 aliphatic rings. The maximum Gasteiger partial charge on any atom is 0.191 e. The second kappa shape index (κ2) is 9.87. The summed E-state index contributed by atoms with van der Waals surface area (Å²) in [4.78, 5) is 5.94. The van der Waals surface area contributed by atoms with Crippen LogP contribution >= 0.6 is 0 Å². The van der Waals surface area contributed by atoms with Crippen LogP contribution in [0.4, 0.5) is 8.78 Å². The minimum atomic E-state index is -0.560. The van der Waals surface area contributed by atoms with E-state index in [-0.39, 0.29) is 5.56 Å². The molecular formula is C20H26F2N4O. The minimum absolute atomic E-state index is 0.0400. The van der Waals surface area contributed by atoms with Crippen molar-refractivity contribution in [2.45, 2.75) is 12.6 Å². The average molecular weight is 376 g/mol. The lowest BCUT2D eigenvalue weighted by atomic mass is 10.0. The molecular weight excluding hydrogens is 350 g/mol. The Morgan fingerprint density at radius 3 is 2.37 bits per heavy atom. The van der Waals surface area contributed by atoms with Gasteiger partial charge in [-0.15, -0.1) is 0 Å². The van der Waals surface area contributed by atoms with Crippen molar-refractivity contribution >= 4 is 5.96 Å². The lowest BCUT2D eigenvalue weighted by molar-refractivity contribution is 0.282. The van der Waals surface area contributed by atoms with Crippen LogP contribution in [0.5, 0.6) is 5.75 Å². The van der Waals surface area contributed by atoms with Crippen LogP contribution in [0, 0.1) is 11.6 Å². The van der Waals surface area contributed by atoms with Gasteiger partial charge in [0.05, 0.1) is 13.2 Å². The summed E-state index contributed by atoms with van der Waals surface area (Å²) in [7, 11) is 6.83. The summed E-state index contributed by atoms with van der Waals surface area (Å²) in [5, 5.41) is 6.32. The van der Waals surface area contributed by atoms with E-state index in [1.165, 1.54) is 18.2 Å². The van der Waals surface area contributed by atoms with Gasteiger partial charge in [-0.3, -0.25) is 4.99 Å². The Hall–Kier alpha value is -2.67. The Morgan fingerprint density at radius 1 is 1.11 bits per heavy atom. The van der Waals surface area contributed by atoms with Gasteiger partial charge >= 0.3 is 0 Å². The highest BCUT2D eigenvalue weighted by Crippen LogP contribution is 2.23. The quantitative estimate of drug-likeness (QED) is 0.576. The van der Waals surface area contributed by atoms with E-state index in [0.717, 1.165) is 11.3 Å². The fraction of sp³-hybridized carbons (Fsp3) is 0.350. The second-order valence-corrected chi connectivity index (χ2v) is 6.27. The number of methoxy groups -OCH3 is 1. The Bertz CT molecular complexity index is 760. The first-order chi connectivity index (χ1) is 13.0. The van der Waals surface area contributed by atoms with Gasteiger partial charge in [0, 0.05) is 25.7 Å². The summed E-state index contributed by atoms with van der Waals surface area (Å²) in [6.07, 6.45) is 0. The molecule has 2 rings (SSSR count). The lowest BCUT2D eigenvalue weighted by Crippen LogP contribution is -2.41. The van der Waals surface area contributed by atoms with Crippen molar-refractivity contribution in [3.8, 4) is 5.75 Å². The van der Waals surface area contributed by atoms with Gasteiger partial charge in [0.15, 0.2) is 5.96 Å². The first kappa shape index (κ1) is 20.6. The number of aliphatic imine (C=N–C) groups is 1. The Balaban J connectivity index is 2.02. The average Bonchev–Trinajstić information content (AvgIpc) is 2.66. The third-order valence-corrected chi connectivity index (χ3v) is 4.24. The molecule has 0 saturated carbocycles. The number of benzene rings is 2. The van der Waals surface area contributed by atoms with Crippen molar-refractivity contribution in [2.24, 2.45) is 4.99 Å². The molecule has 0 amide bonds. The van der Waals surface area contributed by atoms with E-state index in [2.05, 4.69) is 15.6 Å². The van der Waals surface area contributed by atoms with E-state index in [1.54, 1.807) is 33.2 Å². The Labute approximate surface area is 159 Å². The SMILES string of the molecule is CN=C(NCc1cccc(OC)c1)NCC(c1c(F)cccc1F)N(C)C. The maximum atomic E-state index is 14.2. The number of hydrogen-bond acceptors (Lipinski definition) is 3. The maximum absolute atomic E-state index is 14.2. The molecule has 2 aromatic carbocycles. The van der Waals surface area contributed by atoms with Crippen LogP contribution in [0.25, 0.3) is 0 Å². The lowest BCUT2D eigenvalue weighted by Gasteiger charge is -2.26. The molecule has 7 heteroatoms. The van der Waals surface area contributed by atoms with Crippen LogP contribution in [0.15, 0.2) is 47.5 Å². The number of ether oxygens (including phenoxy) is 1. The first-order valence-corrected chi connectivity index (χ1v) is 8.64. The van der Waals surface area contributed by atoms with Crippen molar-refractivity contribution in [1.29, 1.82) is 0 Å². The molecule has 0 spiro atoms. The standard InChI is InChI=1S/C20H26F2N4O/c1-23-20(24-12-14-7-5-8-15(11-14)27-4)25-13-18(26(2)3)19-16(21)9-6-10-17(19)22/h5-11,18H,12-13H2,1-4H3,(H2,23,24,25). The van der Waals surface area contributed by atoms with E-state index < -0.39 is 17.7 Å². The van der Waals surface area contributed by atoms with Gasteiger partial charge in [0.25, 0.3) is 0 Å². The third kappa shape index (κ3) is 5.65. The number of rotatable bonds is 7. The molecule has 0 heterocycles. The number of halogens is 2. The van der Waals surface area contributed by atoms with Gasteiger partial charge in [-0.2, -0.15) is 0 Å². The van der Waals surface area contributed by atoms with Gasteiger partial charge < -0.3 is 20.3 Å². The van der Waals surface area contributed by atoms with E-state index in [1.807, 2.05) is 24.3 Å². The molecule has 5 nitrogen and oxygen atoms in total. The first-order valence-electron chi connectivity index (χ1n) is 8.64. The molecule has 0 fully saturated rings. The molecule has 0 aromatic heterocycles. The summed E-state index contributed by atoms with van der Waals surface area (Å²) in [6, 6.07) is 11.1. The van der Waals surface area contributed by atoms with Crippen LogP contribution in [0.2, 0.25) is 0 Å². The molecule has 0 radical (unpaired) electrons. The highest BCUT2D eigenvalue weighted by Gasteiger charge is 2.22. The number of nitrogens with one attached hydrogen (secondary N) is 2. The fourth-order valence-corrected chi connectivity index (χ4v) is 2.75. The zero-order chi connectivity index (χ0) is 19.8. The monoisotopic (exact) mass is 376 g/mol. The molecule has 1 atom stereocenters. The molecule has 0 aliphatic carbocycles. The largest absolute Gasteiger partial charge is 0.497 e. The fourth-order valence-electron chi connectivity index (χ4n) is 2.75. The molecule has 1 unspecified atom stereocenters. The number of likely N-dealkylation sites (N-methyl/N-ethyl adjacent to an activating group) is 1. The third-order valence-electron chi connectivity index (χ3n) is 4.24. The van der Waals surface area contributed by atoms with Gasteiger partial charge in [-0.25, -0.2) is 8.78 Å². The zero-order valence-corrected chi connectivity index (χ0v) is 16.1. The van der Waals surface area contributed by atoms with E-state index in [0.29, 0.717) is 19.0 Å². The van der Waals surface area contributed by atoms with Gasteiger partial charge in [0.1, 0.15) is 17.4 Å². The highest BCUT2D eigenvalue weighted by atomic mass is 19.1. The molecule has 2 aromatic rings. The molecule has 0 aliphatic heterocycles. The number of hydrogen-bond donors (Lipinski definition) is 2. The van der Waals surface area contributed by atoms with Crippen LogP contribution in [-0.2, 0) is 6.54 Å². The van der Waals surface area contributed by atoms with Crippen LogP contribution in [0.1, 0.15) is 17.2 Å². The van der Waals surface area contributed by atoms with E-state index >= 15 is 0 Å². The molecule has 0 saturated heterocycles. The van der Waals surface area contributed by atoms with Crippen molar-refractivity contribution in [2.75, 3.05) is 34.8 Å². The molecule has 0 bridgehead atoms. The van der Waals surface area contributed by atoms with E-state index in [4.69, 9.17) is 4.74 Å². The van der Waals surface area contributed by atoms with Crippen LogP contribution in [-0.4, -0.2) is 45.7 Å². The highest BCUT2D eigenvalue weighted by molar-refractivity contribution is 5.79. The van der Waals surface area contributed by atoms with Gasteiger partial charge in [0.2, 0.25) is 0 Å². The molecule has 2 N–H and O–H groups in total. The smallest absolute Gasteiger partial charge is 0.191 e. The summed E-state index contributed by atoms with van der Waals surface area (Å²) < 4.78 is 33.5. The van der Waals surface area contributed by atoms with Crippen LogP contribution < -0.4 is 15.4 Å². The minimum Gasteiger partial charge on any atom is -0.497 e. The topological polar surface area (TPSA) is 48.9 Å². The van der Waals surface area contributed by atoms with Crippen molar-refractivity contribution in [3.05, 3.63) is 65.2 Å². The van der Waals surface area contributed by atoms with Gasteiger partial charge in [-0.1, -0.05) is 18.2 Å². The van der Waals surface area contributed by atoms with Crippen molar-refractivity contribution in [3.63, 3.8) is 0 Å².